The van der Waals surface area contributed by atoms with Crippen LogP contribution in [0.3, 0.4) is 0 Å². The second-order valence-electron chi connectivity index (χ2n) is 7.31. The Morgan fingerprint density at radius 3 is 2.58 bits per heavy atom. The van der Waals surface area contributed by atoms with Crippen LogP contribution in [0.15, 0.2) is 12.3 Å². The number of nitrogens with one attached hydrogen (secondary N) is 1. The van der Waals surface area contributed by atoms with Crippen molar-refractivity contribution in [3.63, 3.8) is 0 Å². The molecule has 1 saturated carbocycles. The summed E-state index contributed by atoms with van der Waals surface area (Å²) in [6.45, 7) is 5.87. The van der Waals surface area contributed by atoms with Gasteiger partial charge in [-0.3, -0.25) is 4.79 Å². The van der Waals surface area contributed by atoms with E-state index < -0.39 is 5.54 Å². The number of rotatable bonds is 4. The number of carbonyl (C=O) groups excluding carboxylic acids is 2. The number of methoxy groups -OCH3 is 1. The molecule has 1 amide bonds. The molecule has 1 fully saturated rings. The largest absolute Gasteiger partial charge is 0.467 e. The van der Waals surface area contributed by atoms with Gasteiger partial charge in [0.15, 0.2) is 5.65 Å². The highest BCUT2D eigenvalue weighted by Gasteiger charge is 2.42. The van der Waals surface area contributed by atoms with Gasteiger partial charge in [0, 0.05) is 11.4 Å². The monoisotopic (exact) mass is 358 g/mol. The molecule has 0 saturated heterocycles. The Bertz CT molecular complexity index is 835. The lowest BCUT2D eigenvalue weighted by atomic mass is 9.81. The van der Waals surface area contributed by atoms with Crippen molar-refractivity contribution in [1.29, 1.82) is 0 Å². The Kier molecular flexibility index (Phi) is 4.98. The third-order valence-corrected chi connectivity index (χ3v) is 5.13. The normalized spacial score (nSPS) is 16.7. The lowest BCUT2D eigenvalue weighted by molar-refractivity contribution is -0.149. The minimum absolute atomic E-state index is 0.184. The van der Waals surface area contributed by atoms with E-state index in [1.807, 2.05) is 18.5 Å². The number of carbonyl (C=O) groups is 2. The number of aryl methyl sites for hydroxylation is 1. The Balaban J connectivity index is 1.94. The van der Waals surface area contributed by atoms with Crippen molar-refractivity contribution in [2.45, 2.75) is 64.5 Å². The zero-order chi connectivity index (χ0) is 18.9. The molecule has 0 aliphatic heterocycles. The number of hydrogen-bond donors (Lipinski definition) is 1. The summed E-state index contributed by atoms with van der Waals surface area (Å²) < 4.78 is 6.81. The predicted octanol–water partition coefficient (Wildman–Crippen LogP) is 2.93. The van der Waals surface area contributed by atoms with Crippen molar-refractivity contribution in [2.75, 3.05) is 7.11 Å². The van der Waals surface area contributed by atoms with Crippen LogP contribution in [0, 0.1) is 6.92 Å². The number of hydrogen-bond acceptors (Lipinski definition) is 5. The molecule has 3 rings (SSSR count). The molecular formula is C19H26N4O3. The molecule has 2 aromatic heterocycles. The highest BCUT2D eigenvalue weighted by Crippen LogP contribution is 2.30. The highest BCUT2D eigenvalue weighted by molar-refractivity contribution is 6.01. The van der Waals surface area contributed by atoms with E-state index >= 15 is 0 Å². The SMILES string of the molecule is COC(=O)C1(NC(=O)c2cc3cnn(C(C)C)c3nc2C)CCCCC1. The molecular weight excluding hydrogens is 332 g/mol. The third-order valence-electron chi connectivity index (χ3n) is 5.13. The Morgan fingerprint density at radius 1 is 1.27 bits per heavy atom. The van der Waals surface area contributed by atoms with Crippen molar-refractivity contribution >= 4 is 22.9 Å². The van der Waals surface area contributed by atoms with E-state index in [0.717, 1.165) is 30.3 Å². The molecule has 26 heavy (non-hydrogen) atoms. The molecule has 0 spiro atoms. The van der Waals surface area contributed by atoms with Crippen molar-refractivity contribution in [1.82, 2.24) is 20.1 Å². The molecule has 0 unspecified atom stereocenters. The van der Waals surface area contributed by atoms with Crippen LogP contribution in [0.5, 0.6) is 0 Å². The van der Waals surface area contributed by atoms with Gasteiger partial charge in [0.1, 0.15) is 5.54 Å². The summed E-state index contributed by atoms with van der Waals surface area (Å²) >= 11 is 0. The van der Waals surface area contributed by atoms with Gasteiger partial charge in [-0.15, -0.1) is 0 Å². The second kappa shape index (κ2) is 7.05. The van der Waals surface area contributed by atoms with Crippen LogP contribution < -0.4 is 5.32 Å². The fourth-order valence-corrected chi connectivity index (χ4v) is 3.69. The van der Waals surface area contributed by atoms with E-state index in [0.29, 0.717) is 24.1 Å². The number of aromatic nitrogens is 3. The van der Waals surface area contributed by atoms with Crippen LogP contribution in [-0.4, -0.2) is 39.3 Å². The second-order valence-corrected chi connectivity index (χ2v) is 7.31. The summed E-state index contributed by atoms with van der Waals surface area (Å²) in [5.74, 6) is -0.661. The van der Waals surface area contributed by atoms with Gasteiger partial charge in [0.05, 0.1) is 24.6 Å². The van der Waals surface area contributed by atoms with Crippen molar-refractivity contribution < 1.29 is 14.3 Å². The number of ether oxygens (including phenoxy) is 1. The number of fused-ring (bicyclic) bond motifs is 1. The summed E-state index contributed by atoms with van der Waals surface area (Å²) in [4.78, 5) is 29.9. The van der Waals surface area contributed by atoms with E-state index in [9.17, 15) is 9.59 Å². The summed E-state index contributed by atoms with van der Waals surface area (Å²) in [5.41, 5.74) is 0.908. The van der Waals surface area contributed by atoms with Gasteiger partial charge in [0.2, 0.25) is 0 Å². The summed E-state index contributed by atoms with van der Waals surface area (Å²) in [6.07, 6.45) is 5.78. The maximum atomic E-state index is 13.0. The molecule has 1 aliphatic carbocycles. The Hall–Kier alpha value is -2.44. The quantitative estimate of drug-likeness (QED) is 0.849. The van der Waals surface area contributed by atoms with Gasteiger partial charge in [0.25, 0.3) is 5.91 Å². The zero-order valence-electron chi connectivity index (χ0n) is 15.8. The number of esters is 1. The zero-order valence-corrected chi connectivity index (χ0v) is 15.8. The molecule has 0 bridgehead atoms. The fourth-order valence-electron chi connectivity index (χ4n) is 3.69. The minimum Gasteiger partial charge on any atom is -0.467 e. The van der Waals surface area contributed by atoms with Gasteiger partial charge in [-0.2, -0.15) is 5.10 Å². The van der Waals surface area contributed by atoms with Gasteiger partial charge in [-0.05, 0) is 39.7 Å². The van der Waals surface area contributed by atoms with Gasteiger partial charge in [-0.25, -0.2) is 14.5 Å². The standard InChI is InChI=1S/C19H26N4O3/c1-12(2)23-16-14(11-20-23)10-15(13(3)21-16)17(24)22-19(18(25)26-4)8-6-5-7-9-19/h10-12H,5-9H2,1-4H3,(H,22,24). The van der Waals surface area contributed by atoms with Crippen LogP contribution in [0.2, 0.25) is 0 Å². The maximum Gasteiger partial charge on any atom is 0.331 e. The van der Waals surface area contributed by atoms with Crippen LogP contribution in [0.1, 0.15) is 68.0 Å². The summed E-state index contributed by atoms with van der Waals surface area (Å²) in [5, 5.41) is 8.12. The van der Waals surface area contributed by atoms with Crippen molar-refractivity contribution in [2.24, 2.45) is 0 Å². The molecule has 0 aromatic carbocycles. The van der Waals surface area contributed by atoms with Crippen LogP contribution in [0.4, 0.5) is 0 Å². The summed E-state index contributed by atoms with van der Waals surface area (Å²) in [6, 6.07) is 1.98. The molecule has 0 atom stereocenters. The van der Waals surface area contributed by atoms with Crippen molar-refractivity contribution in [3.8, 4) is 0 Å². The Labute approximate surface area is 153 Å². The molecule has 2 heterocycles. The van der Waals surface area contributed by atoms with Crippen LogP contribution >= 0.6 is 0 Å². The smallest absolute Gasteiger partial charge is 0.331 e. The van der Waals surface area contributed by atoms with Crippen molar-refractivity contribution in [3.05, 3.63) is 23.5 Å². The minimum atomic E-state index is -0.937. The van der Waals surface area contributed by atoms with Gasteiger partial charge >= 0.3 is 5.97 Å². The first-order valence-corrected chi connectivity index (χ1v) is 9.14. The maximum absolute atomic E-state index is 13.0. The highest BCUT2D eigenvalue weighted by atomic mass is 16.5. The first kappa shape index (κ1) is 18.4. The lowest BCUT2D eigenvalue weighted by Gasteiger charge is -2.35. The van der Waals surface area contributed by atoms with E-state index in [1.165, 1.54) is 7.11 Å². The molecule has 7 nitrogen and oxygen atoms in total. The van der Waals surface area contributed by atoms with E-state index in [-0.39, 0.29) is 17.9 Å². The van der Waals surface area contributed by atoms with Crippen LogP contribution in [0.25, 0.3) is 11.0 Å². The first-order valence-electron chi connectivity index (χ1n) is 9.14. The fraction of sp³-hybridized carbons (Fsp3) is 0.579. The molecule has 2 aromatic rings. The average Bonchev–Trinajstić information content (AvgIpc) is 3.03. The predicted molar refractivity (Wildman–Crippen MR) is 97.9 cm³/mol. The van der Waals surface area contributed by atoms with Gasteiger partial charge in [-0.1, -0.05) is 19.3 Å². The number of amides is 1. The molecule has 140 valence electrons. The number of nitrogens with zero attached hydrogens (tertiary/aromatic N) is 3. The summed E-state index contributed by atoms with van der Waals surface area (Å²) in [7, 11) is 1.37. The molecule has 1 N–H and O–H groups in total. The lowest BCUT2D eigenvalue weighted by Crippen LogP contribution is -2.56. The van der Waals surface area contributed by atoms with Gasteiger partial charge < -0.3 is 10.1 Å². The Morgan fingerprint density at radius 2 is 1.96 bits per heavy atom. The molecule has 0 radical (unpaired) electrons. The third kappa shape index (κ3) is 3.18. The molecule has 1 aliphatic rings. The van der Waals surface area contributed by atoms with E-state index in [2.05, 4.69) is 15.4 Å². The average molecular weight is 358 g/mol. The topological polar surface area (TPSA) is 86.1 Å². The molecule has 7 heteroatoms. The van der Waals surface area contributed by atoms with E-state index in [4.69, 9.17) is 4.74 Å². The first-order chi connectivity index (χ1) is 12.4. The number of pyridine rings is 1. The van der Waals surface area contributed by atoms with Crippen LogP contribution in [-0.2, 0) is 9.53 Å². The van der Waals surface area contributed by atoms with E-state index in [1.54, 1.807) is 19.2 Å².